The van der Waals surface area contributed by atoms with E-state index in [1.807, 2.05) is 12.2 Å². The van der Waals surface area contributed by atoms with E-state index in [9.17, 15) is 19.4 Å². The average molecular weight is 779 g/mol. The summed E-state index contributed by atoms with van der Waals surface area (Å²) < 4.78 is 33.2. The van der Waals surface area contributed by atoms with Crippen molar-refractivity contribution in [3.8, 4) is 0 Å². The van der Waals surface area contributed by atoms with Crippen LogP contribution in [0, 0.1) is 0 Å². The largest absolute Gasteiger partial charge is 0.472 e. The highest BCUT2D eigenvalue weighted by Gasteiger charge is 2.26. The van der Waals surface area contributed by atoms with E-state index in [1.54, 1.807) is 0 Å². The molecule has 0 fully saturated rings. The van der Waals surface area contributed by atoms with Gasteiger partial charge in [0, 0.05) is 13.0 Å². The Labute approximate surface area is 328 Å². The van der Waals surface area contributed by atoms with Crippen molar-refractivity contribution in [3.05, 3.63) is 85.1 Å². The van der Waals surface area contributed by atoms with Crippen LogP contribution in [0.15, 0.2) is 85.1 Å². The van der Waals surface area contributed by atoms with Crippen molar-refractivity contribution in [1.82, 2.24) is 0 Å². The molecule has 3 atom stereocenters. The van der Waals surface area contributed by atoms with E-state index in [4.69, 9.17) is 23.6 Å². The van der Waals surface area contributed by atoms with Crippen LogP contribution in [0.1, 0.15) is 142 Å². The highest BCUT2D eigenvalue weighted by Crippen LogP contribution is 2.43. The molecule has 0 heterocycles. The Morgan fingerprint density at radius 1 is 0.593 bits per heavy atom. The Morgan fingerprint density at radius 2 is 1.06 bits per heavy atom. The van der Waals surface area contributed by atoms with Crippen LogP contribution in [0.5, 0.6) is 0 Å². The van der Waals surface area contributed by atoms with Crippen LogP contribution in [-0.4, -0.2) is 66.3 Å². The summed E-state index contributed by atoms with van der Waals surface area (Å²) >= 11 is 0. The van der Waals surface area contributed by atoms with Crippen LogP contribution >= 0.6 is 7.82 Å². The fourth-order valence-corrected chi connectivity index (χ4v) is 5.75. The lowest BCUT2D eigenvalue weighted by Gasteiger charge is -2.20. The third-order valence-electron chi connectivity index (χ3n) is 8.08. The van der Waals surface area contributed by atoms with E-state index in [2.05, 4.69) is 86.8 Å². The van der Waals surface area contributed by atoms with Gasteiger partial charge in [0.05, 0.1) is 26.4 Å². The summed E-state index contributed by atoms with van der Waals surface area (Å²) in [5, 5.41) is 18.3. The first kappa shape index (κ1) is 51.6. The number of ether oxygens (including phenoxy) is 2. The summed E-state index contributed by atoms with van der Waals surface area (Å²) in [5.41, 5.74) is 0. The number of hydrogen-bond donors (Lipinski definition) is 3. The molecule has 0 bridgehead atoms. The minimum atomic E-state index is -4.54. The van der Waals surface area contributed by atoms with E-state index < -0.39 is 45.8 Å². The molecule has 310 valence electrons. The van der Waals surface area contributed by atoms with Gasteiger partial charge in [-0.3, -0.25) is 13.8 Å². The van der Waals surface area contributed by atoms with Gasteiger partial charge in [-0.2, -0.15) is 0 Å². The second-order valence-electron chi connectivity index (χ2n) is 13.3. The third kappa shape index (κ3) is 39.3. The van der Waals surface area contributed by atoms with Crippen LogP contribution in [0.3, 0.4) is 0 Å². The zero-order chi connectivity index (χ0) is 39.6. The lowest BCUT2D eigenvalue weighted by Crippen LogP contribution is -2.29. The molecule has 0 aromatic carbocycles. The number of aliphatic hydroxyl groups excluding tert-OH is 2. The van der Waals surface area contributed by atoms with Gasteiger partial charge in [0.25, 0.3) is 0 Å². The maximum atomic E-state index is 12.6. The number of allylic oxidation sites excluding steroid dienone is 14. The van der Waals surface area contributed by atoms with E-state index >= 15 is 0 Å². The molecule has 0 aromatic rings. The molecule has 9 nitrogen and oxygen atoms in total. The summed E-state index contributed by atoms with van der Waals surface area (Å²) in [6.07, 6.45) is 48.4. The van der Waals surface area contributed by atoms with Gasteiger partial charge in [0.1, 0.15) is 12.2 Å². The third-order valence-corrected chi connectivity index (χ3v) is 9.03. The van der Waals surface area contributed by atoms with Crippen molar-refractivity contribution in [1.29, 1.82) is 0 Å². The van der Waals surface area contributed by atoms with Crippen molar-refractivity contribution >= 4 is 13.8 Å². The molecule has 0 saturated carbocycles. The number of phosphoric ester groups is 1. The fourth-order valence-electron chi connectivity index (χ4n) is 4.96. The SMILES string of the molecule is CC/C=C\C/C=C\C/C=C\C/C=C\C/C=C\C/C=C\CCC(=O)OC(COCCCCCCCC/C=C\CCCCCC)COP(=O)(O)OCC(O)CO. The number of aliphatic hydroxyl groups is 2. The van der Waals surface area contributed by atoms with Gasteiger partial charge in [-0.25, -0.2) is 4.57 Å². The second kappa shape index (κ2) is 40.3. The molecule has 0 aliphatic rings. The van der Waals surface area contributed by atoms with Crippen molar-refractivity contribution in [3.63, 3.8) is 0 Å². The number of unbranched alkanes of at least 4 members (excludes halogenated alkanes) is 10. The fraction of sp³-hybridized carbons (Fsp3) is 0.659. The Morgan fingerprint density at radius 3 is 1.59 bits per heavy atom. The zero-order valence-corrected chi connectivity index (χ0v) is 34.5. The molecule has 0 spiro atoms. The van der Waals surface area contributed by atoms with Crippen molar-refractivity contribution in [2.75, 3.05) is 33.0 Å². The number of hydrogen-bond acceptors (Lipinski definition) is 8. The Balaban J connectivity index is 4.37. The maximum Gasteiger partial charge on any atom is 0.472 e. The maximum absolute atomic E-state index is 12.6. The first-order chi connectivity index (χ1) is 26.3. The predicted molar refractivity (Wildman–Crippen MR) is 223 cm³/mol. The Bertz CT molecular complexity index is 1110. The normalized spacial score (nSPS) is 15.0. The van der Waals surface area contributed by atoms with Crippen LogP contribution in [0.25, 0.3) is 0 Å². The molecule has 0 saturated heterocycles. The number of carbonyl (C=O) groups is 1. The summed E-state index contributed by atoms with van der Waals surface area (Å²) in [4.78, 5) is 22.5. The zero-order valence-electron chi connectivity index (χ0n) is 33.7. The number of phosphoric acid groups is 1. The molecule has 0 amide bonds. The highest BCUT2D eigenvalue weighted by atomic mass is 31.2. The molecular weight excluding hydrogens is 703 g/mol. The Kier molecular flexibility index (Phi) is 38.5. The molecule has 0 aromatic heterocycles. The molecule has 0 radical (unpaired) electrons. The molecule has 3 unspecified atom stereocenters. The highest BCUT2D eigenvalue weighted by molar-refractivity contribution is 7.47. The van der Waals surface area contributed by atoms with Crippen molar-refractivity contribution in [2.24, 2.45) is 0 Å². The van der Waals surface area contributed by atoms with E-state index in [1.165, 1.54) is 51.4 Å². The number of rotatable bonds is 38. The molecule has 0 aliphatic heterocycles. The van der Waals surface area contributed by atoms with E-state index in [0.29, 0.717) is 13.0 Å². The molecule has 0 rings (SSSR count). The molecule has 10 heteroatoms. The van der Waals surface area contributed by atoms with Crippen LogP contribution < -0.4 is 0 Å². The van der Waals surface area contributed by atoms with Crippen molar-refractivity contribution < 1.29 is 43.0 Å². The topological polar surface area (TPSA) is 132 Å². The van der Waals surface area contributed by atoms with Gasteiger partial charge in [-0.15, -0.1) is 0 Å². The summed E-state index contributed by atoms with van der Waals surface area (Å²) in [7, 11) is -4.54. The van der Waals surface area contributed by atoms with E-state index in [0.717, 1.165) is 64.2 Å². The lowest BCUT2D eigenvalue weighted by atomic mass is 10.1. The lowest BCUT2D eigenvalue weighted by molar-refractivity contribution is -0.154. The summed E-state index contributed by atoms with van der Waals surface area (Å²) in [6, 6.07) is 0. The van der Waals surface area contributed by atoms with Gasteiger partial charge in [0.15, 0.2) is 0 Å². The standard InChI is InChI=1S/C44H75O9P/c1-3-5-7-9-11-13-15-17-19-20-21-22-23-24-26-28-30-32-34-36-44(47)53-43(41-52-54(48,49)51-39-42(46)38-45)40-50-37-35-33-31-29-27-25-18-16-14-12-10-8-6-4-2/h5,7,11,13-14,16-17,19,21-22,24,26,30,32,42-43,45-46H,3-4,6,8-10,12,15,18,20,23,25,27-29,31,33-41H2,1-2H3,(H,48,49)/b7-5-,13-11-,16-14-,19-17-,22-21-,26-24-,32-30-. The second-order valence-corrected chi connectivity index (χ2v) is 14.7. The number of esters is 1. The predicted octanol–water partition coefficient (Wildman–Crippen LogP) is 11.1. The molecular formula is C44H75O9P. The van der Waals surface area contributed by atoms with Crippen LogP contribution in [0.4, 0.5) is 0 Å². The molecule has 3 N–H and O–H groups in total. The first-order valence-electron chi connectivity index (χ1n) is 20.6. The monoisotopic (exact) mass is 779 g/mol. The van der Waals surface area contributed by atoms with Gasteiger partial charge < -0.3 is 24.6 Å². The summed E-state index contributed by atoms with van der Waals surface area (Å²) in [6.45, 7) is 3.24. The van der Waals surface area contributed by atoms with Crippen LogP contribution in [-0.2, 0) is 27.9 Å². The molecule has 54 heavy (non-hydrogen) atoms. The van der Waals surface area contributed by atoms with Gasteiger partial charge >= 0.3 is 13.8 Å². The smallest absolute Gasteiger partial charge is 0.457 e. The average Bonchev–Trinajstić information content (AvgIpc) is 3.16. The number of carbonyl (C=O) groups excluding carboxylic acids is 1. The first-order valence-corrected chi connectivity index (χ1v) is 22.1. The van der Waals surface area contributed by atoms with Gasteiger partial charge in [-0.05, 0) is 77.0 Å². The van der Waals surface area contributed by atoms with Gasteiger partial charge in [0.2, 0.25) is 0 Å². The minimum Gasteiger partial charge on any atom is -0.457 e. The van der Waals surface area contributed by atoms with Gasteiger partial charge in [-0.1, -0.05) is 144 Å². The van der Waals surface area contributed by atoms with E-state index in [-0.39, 0.29) is 13.0 Å². The molecule has 0 aliphatic carbocycles. The Hall–Kier alpha value is -2.36. The van der Waals surface area contributed by atoms with Crippen LogP contribution in [0.2, 0.25) is 0 Å². The van der Waals surface area contributed by atoms with Crippen molar-refractivity contribution in [2.45, 2.75) is 154 Å². The summed E-state index contributed by atoms with van der Waals surface area (Å²) in [5.74, 6) is -0.470. The quantitative estimate of drug-likeness (QED) is 0.0242. The minimum absolute atomic E-state index is 0.00962.